The average molecular weight is 380 g/mol. The summed E-state index contributed by atoms with van der Waals surface area (Å²) in [6, 6.07) is 15.4. The monoisotopic (exact) mass is 380 g/mol. The second-order valence-corrected chi connectivity index (χ2v) is 7.77. The van der Waals surface area contributed by atoms with E-state index in [9.17, 15) is 9.59 Å². The minimum Gasteiger partial charge on any atom is -0.426 e. The maximum atomic E-state index is 12.1. The Labute approximate surface area is 161 Å². The summed E-state index contributed by atoms with van der Waals surface area (Å²) in [7, 11) is 0. The van der Waals surface area contributed by atoms with Crippen molar-refractivity contribution in [1.29, 1.82) is 0 Å². The van der Waals surface area contributed by atoms with Crippen LogP contribution in [0.5, 0.6) is 5.75 Å². The zero-order valence-corrected chi connectivity index (χ0v) is 15.7. The number of hydrogen-bond acceptors (Lipinski definition) is 5. The molecule has 4 nitrogen and oxygen atoms in total. The van der Waals surface area contributed by atoms with E-state index in [2.05, 4.69) is 12.1 Å². The molecule has 1 aliphatic carbocycles. The van der Waals surface area contributed by atoms with Gasteiger partial charge in [-0.2, -0.15) is 0 Å². The number of hydrogen-bond donors (Lipinski definition) is 0. The van der Waals surface area contributed by atoms with Crippen LogP contribution in [0.2, 0.25) is 0 Å². The summed E-state index contributed by atoms with van der Waals surface area (Å²) >= 11 is 1.73. The second kappa shape index (κ2) is 8.01. The van der Waals surface area contributed by atoms with Crippen molar-refractivity contribution in [3.63, 3.8) is 0 Å². The second-order valence-electron chi connectivity index (χ2n) is 6.60. The van der Waals surface area contributed by atoms with Crippen molar-refractivity contribution in [1.82, 2.24) is 0 Å². The van der Waals surface area contributed by atoms with Gasteiger partial charge in [-0.3, -0.25) is 4.79 Å². The van der Waals surface area contributed by atoms with Crippen LogP contribution in [-0.4, -0.2) is 11.7 Å². The number of ether oxygens (including phenoxy) is 1. The van der Waals surface area contributed by atoms with Crippen molar-refractivity contribution in [2.75, 3.05) is 5.75 Å². The first-order valence-electron chi connectivity index (χ1n) is 9.18. The highest BCUT2D eigenvalue weighted by atomic mass is 32.2. The van der Waals surface area contributed by atoms with E-state index < -0.39 is 0 Å². The van der Waals surface area contributed by atoms with E-state index in [0.29, 0.717) is 17.8 Å². The van der Waals surface area contributed by atoms with Crippen LogP contribution in [0.1, 0.15) is 30.4 Å². The quantitative estimate of drug-likeness (QED) is 0.203. The lowest BCUT2D eigenvalue weighted by molar-refractivity contribution is -0.134. The molecule has 0 saturated heterocycles. The summed E-state index contributed by atoms with van der Waals surface area (Å²) in [4.78, 5) is 25.4. The van der Waals surface area contributed by atoms with E-state index in [4.69, 9.17) is 9.15 Å². The predicted octanol–water partition coefficient (Wildman–Crippen LogP) is 4.76. The first-order chi connectivity index (χ1) is 13.2. The fraction of sp³-hybridized carbons (Fsp3) is 0.273. The van der Waals surface area contributed by atoms with Crippen LogP contribution < -0.4 is 10.4 Å². The van der Waals surface area contributed by atoms with E-state index in [1.807, 2.05) is 24.3 Å². The van der Waals surface area contributed by atoms with Crippen molar-refractivity contribution < 1.29 is 13.9 Å². The summed E-state index contributed by atoms with van der Waals surface area (Å²) in [5, 5.41) is 0.946. The number of carbonyl (C=O) groups excluding carboxylic acids is 1. The Morgan fingerprint density at radius 2 is 1.89 bits per heavy atom. The highest BCUT2D eigenvalue weighted by molar-refractivity contribution is 7.99. The lowest BCUT2D eigenvalue weighted by Gasteiger charge is -2.07. The van der Waals surface area contributed by atoms with Gasteiger partial charge >= 0.3 is 11.6 Å². The first kappa shape index (κ1) is 17.9. The number of esters is 1. The van der Waals surface area contributed by atoms with Crippen LogP contribution in [0.3, 0.4) is 0 Å². The maximum Gasteiger partial charge on any atom is 0.339 e. The van der Waals surface area contributed by atoms with E-state index >= 15 is 0 Å². The lowest BCUT2D eigenvalue weighted by atomic mass is 10.1. The van der Waals surface area contributed by atoms with Crippen molar-refractivity contribution in [2.45, 2.75) is 37.0 Å². The van der Waals surface area contributed by atoms with Gasteiger partial charge in [-0.1, -0.05) is 18.2 Å². The Kier molecular flexibility index (Phi) is 5.30. The van der Waals surface area contributed by atoms with Crippen molar-refractivity contribution >= 4 is 28.7 Å². The van der Waals surface area contributed by atoms with Crippen LogP contribution in [0.25, 0.3) is 11.0 Å². The predicted molar refractivity (Wildman–Crippen MR) is 107 cm³/mol. The van der Waals surface area contributed by atoms with Crippen LogP contribution in [-0.2, 0) is 17.6 Å². The Bertz CT molecular complexity index is 1020. The Balaban J connectivity index is 1.36. The van der Waals surface area contributed by atoms with Gasteiger partial charge in [0, 0.05) is 28.3 Å². The van der Waals surface area contributed by atoms with Crippen LogP contribution in [0.4, 0.5) is 0 Å². The summed E-state index contributed by atoms with van der Waals surface area (Å²) in [6.07, 6.45) is 3.76. The van der Waals surface area contributed by atoms with E-state index in [1.165, 1.54) is 4.90 Å². The SMILES string of the molecule is O=C(CCCSc1ccccc1)Oc1ccc2c3c(c(=O)oc2c1)CCC3. The normalized spacial score (nSPS) is 12.9. The van der Waals surface area contributed by atoms with Gasteiger partial charge in [0.05, 0.1) is 0 Å². The van der Waals surface area contributed by atoms with Crippen molar-refractivity contribution in [2.24, 2.45) is 0 Å². The maximum absolute atomic E-state index is 12.1. The number of rotatable bonds is 6. The molecular formula is C22H20O4S. The molecule has 0 spiro atoms. The molecule has 3 aromatic rings. The van der Waals surface area contributed by atoms with Gasteiger partial charge in [0.25, 0.3) is 0 Å². The summed E-state index contributed by atoms with van der Waals surface area (Å²) in [6.45, 7) is 0. The third kappa shape index (κ3) is 4.08. The van der Waals surface area contributed by atoms with E-state index in [-0.39, 0.29) is 11.6 Å². The molecule has 1 heterocycles. The van der Waals surface area contributed by atoms with Gasteiger partial charge in [0.2, 0.25) is 0 Å². The summed E-state index contributed by atoms with van der Waals surface area (Å²) in [5.74, 6) is 1.01. The Morgan fingerprint density at radius 3 is 2.74 bits per heavy atom. The van der Waals surface area contributed by atoms with Gasteiger partial charge in [0.15, 0.2) is 0 Å². The zero-order chi connectivity index (χ0) is 18.6. The largest absolute Gasteiger partial charge is 0.426 e. The third-order valence-corrected chi connectivity index (χ3v) is 5.81. The molecule has 0 aliphatic heterocycles. The number of benzene rings is 2. The first-order valence-corrected chi connectivity index (χ1v) is 10.2. The molecule has 0 amide bonds. The van der Waals surface area contributed by atoms with E-state index in [0.717, 1.165) is 47.9 Å². The molecule has 1 aromatic heterocycles. The molecule has 4 rings (SSSR count). The summed E-state index contributed by atoms with van der Waals surface area (Å²) < 4.78 is 10.8. The van der Waals surface area contributed by atoms with Gasteiger partial charge < -0.3 is 9.15 Å². The summed E-state index contributed by atoms with van der Waals surface area (Å²) in [5.41, 5.74) is 2.10. The molecule has 0 atom stereocenters. The number of fused-ring (bicyclic) bond motifs is 3. The molecule has 5 heteroatoms. The lowest BCUT2D eigenvalue weighted by Crippen LogP contribution is -2.09. The van der Waals surface area contributed by atoms with Crippen LogP contribution in [0, 0.1) is 0 Å². The molecule has 27 heavy (non-hydrogen) atoms. The number of thioether (sulfide) groups is 1. The Hall–Kier alpha value is -2.53. The van der Waals surface area contributed by atoms with Crippen molar-refractivity contribution in [3.8, 4) is 5.75 Å². The fourth-order valence-corrected chi connectivity index (χ4v) is 4.31. The van der Waals surface area contributed by atoms with Gasteiger partial charge in [-0.15, -0.1) is 11.8 Å². The minimum absolute atomic E-state index is 0.267. The molecule has 138 valence electrons. The van der Waals surface area contributed by atoms with Gasteiger partial charge in [0.1, 0.15) is 11.3 Å². The number of aryl methyl sites for hydroxylation is 1. The molecular weight excluding hydrogens is 360 g/mol. The smallest absolute Gasteiger partial charge is 0.339 e. The fourth-order valence-electron chi connectivity index (χ4n) is 3.43. The average Bonchev–Trinajstić information content (AvgIpc) is 3.17. The van der Waals surface area contributed by atoms with Crippen molar-refractivity contribution in [3.05, 3.63) is 70.1 Å². The van der Waals surface area contributed by atoms with E-state index in [1.54, 1.807) is 23.9 Å². The molecule has 0 unspecified atom stereocenters. The molecule has 0 bridgehead atoms. The highest BCUT2D eigenvalue weighted by Gasteiger charge is 2.19. The van der Waals surface area contributed by atoms with Crippen LogP contribution >= 0.6 is 11.8 Å². The van der Waals surface area contributed by atoms with Gasteiger partial charge in [-0.05, 0) is 61.3 Å². The Morgan fingerprint density at radius 1 is 1.07 bits per heavy atom. The minimum atomic E-state index is -0.272. The molecule has 0 fully saturated rings. The number of carbonyl (C=O) groups is 1. The molecule has 2 aromatic carbocycles. The molecule has 0 saturated carbocycles. The molecule has 1 aliphatic rings. The topological polar surface area (TPSA) is 56.5 Å². The molecule has 0 radical (unpaired) electrons. The zero-order valence-electron chi connectivity index (χ0n) is 14.9. The van der Waals surface area contributed by atoms with Crippen LogP contribution in [0.15, 0.2) is 62.6 Å². The standard InChI is InChI=1S/C22H20O4S/c23-21(10-5-13-27-16-6-2-1-3-7-16)25-15-11-12-18-17-8-4-9-19(17)22(24)26-20(18)14-15/h1-3,6-7,11-12,14H,4-5,8-10,13H2. The molecule has 0 N–H and O–H groups in total. The van der Waals surface area contributed by atoms with Gasteiger partial charge in [-0.25, -0.2) is 4.79 Å². The third-order valence-electron chi connectivity index (χ3n) is 4.71. The highest BCUT2D eigenvalue weighted by Crippen LogP contribution is 2.29.